The highest BCUT2D eigenvalue weighted by Gasteiger charge is 2.42. The molecule has 1 unspecified atom stereocenters. The number of hydrogen-bond acceptors (Lipinski definition) is 2. The molecule has 3 aliphatic rings. The summed E-state index contributed by atoms with van der Waals surface area (Å²) in [7, 11) is 0. The van der Waals surface area contributed by atoms with Gasteiger partial charge in [-0.2, -0.15) is 0 Å². The second-order valence-electron chi connectivity index (χ2n) is 6.81. The Balaban J connectivity index is 1.65. The number of anilines is 1. The summed E-state index contributed by atoms with van der Waals surface area (Å²) >= 11 is 0. The molecule has 1 aliphatic heterocycles. The number of hydrogen-bond donors (Lipinski definition) is 1. The minimum absolute atomic E-state index is 0.0424. The molecule has 116 valence electrons. The van der Waals surface area contributed by atoms with Gasteiger partial charge in [0, 0.05) is 24.2 Å². The van der Waals surface area contributed by atoms with Gasteiger partial charge in [0.25, 0.3) is 0 Å². The van der Waals surface area contributed by atoms with Gasteiger partial charge >= 0.3 is 0 Å². The molecule has 2 aliphatic carbocycles. The zero-order chi connectivity index (χ0) is 15.1. The molecule has 1 atom stereocenters. The topological polar surface area (TPSA) is 49.4 Å². The molecule has 1 N–H and O–H groups in total. The van der Waals surface area contributed by atoms with Crippen LogP contribution in [0.2, 0.25) is 0 Å². The Bertz CT molecular complexity index is 603. The first-order valence-corrected chi connectivity index (χ1v) is 8.45. The minimum atomic E-state index is -0.300. The Labute approximate surface area is 130 Å². The van der Waals surface area contributed by atoms with Crippen molar-refractivity contribution >= 4 is 17.5 Å². The molecule has 0 radical (unpaired) electrons. The summed E-state index contributed by atoms with van der Waals surface area (Å²) in [6, 6.07) is 8.56. The molecule has 4 heteroatoms. The lowest BCUT2D eigenvalue weighted by molar-refractivity contribution is -0.137. The maximum Gasteiger partial charge on any atom is 0.231 e. The monoisotopic (exact) mass is 298 g/mol. The van der Waals surface area contributed by atoms with Gasteiger partial charge in [-0.05, 0) is 37.3 Å². The van der Waals surface area contributed by atoms with Crippen molar-refractivity contribution in [1.82, 2.24) is 4.90 Å². The van der Waals surface area contributed by atoms with Crippen LogP contribution in [0.5, 0.6) is 0 Å². The average molecular weight is 298 g/mol. The van der Waals surface area contributed by atoms with Crippen LogP contribution in [0, 0.1) is 0 Å². The van der Waals surface area contributed by atoms with Gasteiger partial charge in [-0.1, -0.05) is 31.0 Å². The van der Waals surface area contributed by atoms with Crippen LogP contribution in [-0.2, 0) is 9.59 Å². The van der Waals surface area contributed by atoms with Crippen molar-refractivity contribution in [2.75, 3.05) is 5.32 Å². The van der Waals surface area contributed by atoms with Crippen LogP contribution in [0.4, 0.5) is 5.69 Å². The van der Waals surface area contributed by atoms with Crippen molar-refractivity contribution in [3.05, 3.63) is 29.8 Å². The molecule has 0 aromatic heterocycles. The summed E-state index contributed by atoms with van der Waals surface area (Å²) in [6.07, 6.45) is 7.24. The number of para-hydroxylation sites is 1. The number of amides is 2. The Morgan fingerprint density at radius 1 is 1.05 bits per heavy atom. The van der Waals surface area contributed by atoms with Crippen molar-refractivity contribution in [1.29, 1.82) is 0 Å². The van der Waals surface area contributed by atoms with E-state index in [0.29, 0.717) is 12.1 Å². The smallest absolute Gasteiger partial charge is 0.231 e. The summed E-state index contributed by atoms with van der Waals surface area (Å²) in [6.45, 7) is 0. The zero-order valence-corrected chi connectivity index (χ0v) is 12.8. The van der Waals surface area contributed by atoms with Crippen molar-refractivity contribution < 1.29 is 9.59 Å². The molecule has 2 saturated carbocycles. The third-order valence-electron chi connectivity index (χ3n) is 5.21. The highest BCUT2D eigenvalue weighted by atomic mass is 16.2. The lowest BCUT2D eigenvalue weighted by Crippen LogP contribution is -2.45. The zero-order valence-electron chi connectivity index (χ0n) is 12.8. The van der Waals surface area contributed by atoms with Crippen LogP contribution < -0.4 is 5.32 Å². The molecule has 0 bridgehead atoms. The van der Waals surface area contributed by atoms with E-state index in [1.807, 2.05) is 24.3 Å². The summed E-state index contributed by atoms with van der Waals surface area (Å²) in [5.74, 6) is -0.165. The highest BCUT2D eigenvalue weighted by molar-refractivity contribution is 6.01. The van der Waals surface area contributed by atoms with E-state index in [-0.39, 0.29) is 24.2 Å². The van der Waals surface area contributed by atoms with Gasteiger partial charge in [0.2, 0.25) is 11.8 Å². The van der Waals surface area contributed by atoms with Crippen molar-refractivity contribution in [2.24, 2.45) is 0 Å². The number of carbonyl (C=O) groups is 2. The van der Waals surface area contributed by atoms with Gasteiger partial charge in [0.05, 0.1) is 5.92 Å². The first-order chi connectivity index (χ1) is 10.7. The van der Waals surface area contributed by atoms with Crippen LogP contribution in [-0.4, -0.2) is 28.8 Å². The highest BCUT2D eigenvalue weighted by Crippen LogP contribution is 2.40. The number of rotatable bonds is 3. The number of carbonyl (C=O) groups excluding carboxylic acids is 2. The van der Waals surface area contributed by atoms with Crippen LogP contribution >= 0.6 is 0 Å². The largest absolute Gasteiger partial charge is 0.336 e. The molecular weight excluding hydrogens is 276 g/mol. The van der Waals surface area contributed by atoms with Gasteiger partial charge in [-0.3, -0.25) is 9.59 Å². The Hall–Kier alpha value is -1.84. The Kier molecular flexibility index (Phi) is 3.40. The summed E-state index contributed by atoms with van der Waals surface area (Å²) in [5, 5.41) is 2.89. The van der Waals surface area contributed by atoms with Gasteiger partial charge in [-0.15, -0.1) is 0 Å². The van der Waals surface area contributed by atoms with Crippen molar-refractivity contribution in [2.45, 2.75) is 62.9 Å². The molecular formula is C18H22N2O2. The summed E-state index contributed by atoms with van der Waals surface area (Å²) in [4.78, 5) is 27.4. The molecule has 0 spiro atoms. The molecule has 1 aromatic rings. The Morgan fingerprint density at radius 2 is 1.73 bits per heavy atom. The lowest BCUT2D eigenvalue weighted by atomic mass is 9.88. The van der Waals surface area contributed by atoms with Crippen molar-refractivity contribution in [3.63, 3.8) is 0 Å². The lowest BCUT2D eigenvalue weighted by Gasteiger charge is -2.34. The number of benzene rings is 1. The average Bonchev–Trinajstić information content (AvgIpc) is 3.20. The molecule has 2 fully saturated rings. The fourth-order valence-corrected chi connectivity index (χ4v) is 4.00. The van der Waals surface area contributed by atoms with Crippen LogP contribution in [0.3, 0.4) is 0 Å². The van der Waals surface area contributed by atoms with Gasteiger partial charge in [0.15, 0.2) is 0 Å². The van der Waals surface area contributed by atoms with Gasteiger partial charge in [-0.25, -0.2) is 0 Å². The predicted molar refractivity (Wildman–Crippen MR) is 84.6 cm³/mol. The second-order valence-corrected chi connectivity index (χ2v) is 6.81. The molecule has 2 amide bonds. The van der Waals surface area contributed by atoms with Crippen molar-refractivity contribution in [3.8, 4) is 0 Å². The van der Waals surface area contributed by atoms with E-state index in [4.69, 9.17) is 0 Å². The summed E-state index contributed by atoms with van der Waals surface area (Å²) in [5.41, 5.74) is 1.79. The number of fused-ring (bicyclic) bond motifs is 1. The van der Waals surface area contributed by atoms with E-state index >= 15 is 0 Å². The standard InChI is InChI=1S/C18H22N2O2/c21-17-11-15(14-7-3-4-8-16(14)19-17)18(22)20(13-9-10-13)12-5-1-2-6-12/h3-4,7-8,12-13,15H,1-2,5-6,9-11H2,(H,19,21). The molecule has 22 heavy (non-hydrogen) atoms. The fraction of sp³-hybridized carbons (Fsp3) is 0.556. The van der Waals surface area contributed by atoms with E-state index < -0.39 is 0 Å². The van der Waals surface area contributed by atoms with Crippen LogP contribution in [0.25, 0.3) is 0 Å². The van der Waals surface area contributed by atoms with E-state index in [1.165, 1.54) is 12.8 Å². The fourth-order valence-electron chi connectivity index (χ4n) is 4.00. The maximum atomic E-state index is 13.2. The van der Waals surface area contributed by atoms with Crippen LogP contribution in [0.1, 0.15) is 56.4 Å². The molecule has 0 saturated heterocycles. The van der Waals surface area contributed by atoms with E-state index in [1.54, 1.807) is 0 Å². The third-order valence-corrected chi connectivity index (χ3v) is 5.21. The van der Waals surface area contributed by atoms with Gasteiger partial charge < -0.3 is 10.2 Å². The third kappa shape index (κ3) is 2.40. The normalized spacial score (nSPS) is 24.7. The van der Waals surface area contributed by atoms with E-state index in [9.17, 15) is 9.59 Å². The SMILES string of the molecule is O=C1CC(C(=O)N(C2CCCC2)C2CC2)c2ccccc2N1. The van der Waals surface area contributed by atoms with E-state index in [0.717, 1.165) is 36.9 Å². The quantitative estimate of drug-likeness (QED) is 0.932. The molecule has 1 aromatic carbocycles. The predicted octanol–water partition coefficient (Wildman–Crippen LogP) is 3.05. The first kappa shape index (κ1) is 13.8. The second kappa shape index (κ2) is 5.41. The first-order valence-electron chi connectivity index (χ1n) is 8.45. The Morgan fingerprint density at radius 3 is 2.45 bits per heavy atom. The maximum absolute atomic E-state index is 13.2. The summed E-state index contributed by atoms with van der Waals surface area (Å²) < 4.78 is 0. The molecule has 1 heterocycles. The number of nitrogens with one attached hydrogen (secondary N) is 1. The minimum Gasteiger partial charge on any atom is -0.336 e. The molecule has 4 nitrogen and oxygen atoms in total. The van der Waals surface area contributed by atoms with Gasteiger partial charge in [0.1, 0.15) is 0 Å². The number of nitrogens with zero attached hydrogens (tertiary/aromatic N) is 1. The van der Waals surface area contributed by atoms with E-state index in [2.05, 4.69) is 10.2 Å². The van der Waals surface area contributed by atoms with Crippen LogP contribution in [0.15, 0.2) is 24.3 Å². The molecule has 4 rings (SSSR count).